The standard InChI is InChI=1S/C29H33Cl2N3O4S/c1-21-10-7-8-13-23(21)20-33(27(29(36)32-2)18-22-11-5-4-6-12-22)28(35)14-9-17-34(39(3,37)38)26-19-24(30)15-16-25(26)31/h4-8,10-13,15-16,19,27H,9,14,17-18,20H2,1-3H3,(H,32,36)/t27-/m1/s1. The maximum atomic E-state index is 13.7. The zero-order valence-corrected chi connectivity index (χ0v) is 24.6. The Kier molecular flexibility index (Phi) is 10.8. The number of sulfonamides is 1. The van der Waals surface area contributed by atoms with Gasteiger partial charge in [-0.3, -0.25) is 13.9 Å². The van der Waals surface area contributed by atoms with E-state index in [1.54, 1.807) is 18.0 Å². The Morgan fingerprint density at radius 1 is 0.974 bits per heavy atom. The van der Waals surface area contributed by atoms with Crippen molar-refractivity contribution in [3.63, 3.8) is 0 Å². The van der Waals surface area contributed by atoms with Gasteiger partial charge in [-0.2, -0.15) is 0 Å². The average Bonchev–Trinajstić information content (AvgIpc) is 2.90. The number of aryl methyl sites for hydroxylation is 1. The summed E-state index contributed by atoms with van der Waals surface area (Å²) in [5.74, 6) is -0.530. The van der Waals surface area contributed by atoms with Crippen LogP contribution >= 0.6 is 23.2 Å². The first-order valence-corrected chi connectivity index (χ1v) is 15.1. The van der Waals surface area contributed by atoms with Gasteiger partial charge in [-0.05, 0) is 48.2 Å². The number of hydrogen-bond donors (Lipinski definition) is 1. The van der Waals surface area contributed by atoms with Crippen molar-refractivity contribution in [1.29, 1.82) is 0 Å². The van der Waals surface area contributed by atoms with E-state index in [4.69, 9.17) is 23.2 Å². The van der Waals surface area contributed by atoms with Crippen molar-refractivity contribution in [2.75, 3.05) is 24.2 Å². The molecule has 0 bridgehead atoms. The first-order chi connectivity index (χ1) is 18.5. The number of halogens is 2. The summed E-state index contributed by atoms with van der Waals surface area (Å²) < 4.78 is 26.4. The van der Waals surface area contributed by atoms with E-state index >= 15 is 0 Å². The third-order valence-electron chi connectivity index (χ3n) is 6.45. The van der Waals surface area contributed by atoms with Crippen LogP contribution in [-0.2, 0) is 32.6 Å². The number of hydrogen-bond acceptors (Lipinski definition) is 4. The second-order valence-corrected chi connectivity index (χ2v) is 12.1. The molecule has 3 aromatic rings. The molecule has 0 unspecified atom stereocenters. The normalized spacial score (nSPS) is 12.0. The summed E-state index contributed by atoms with van der Waals surface area (Å²) in [6.07, 6.45) is 1.66. The number of carbonyl (C=O) groups is 2. The van der Waals surface area contributed by atoms with Gasteiger partial charge in [0.05, 0.1) is 17.0 Å². The largest absolute Gasteiger partial charge is 0.357 e. The van der Waals surface area contributed by atoms with Gasteiger partial charge in [-0.25, -0.2) is 8.42 Å². The SMILES string of the molecule is CNC(=O)[C@@H](Cc1ccccc1)N(Cc1ccccc1C)C(=O)CCCN(c1cc(Cl)ccc1Cl)S(C)(=O)=O. The number of carbonyl (C=O) groups excluding carboxylic acids is 2. The monoisotopic (exact) mass is 589 g/mol. The maximum absolute atomic E-state index is 13.7. The average molecular weight is 591 g/mol. The molecule has 39 heavy (non-hydrogen) atoms. The predicted molar refractivity (Wildman–Crippen MR) is 158 cm³/mol. The Morgan fingerprint density at radius 2 is 1.64 bits per heavy atom. The zero-order valence-electron chi connectivity index (χ0n) is 22.2. The summed E-state index contributed by atoms with van der Waals surface area (Å²) in [6, 6.07) is 21.1. The molecule has 0 aliphatic heterocycles. The fourth-order valence-corrected chi connectivity index (χ4v) is 5.76. The minimum atomic E-state index is -3.70. The molecular weight excluding hydrogens is 557 g/mol. The van der Waals surface area contributed by atoms with E-state index in [-0.39, 0.29) is 48.5 Å². The van der Waals surface area contributed by atoms with Gasteiger partial charge in [-0.15, -0.1) is 0 Å². The van der Waals surface area contributed by atoms with E-state index in [2.05, 4.69) is 5.32 Å². The summed E-state index contributed by atoms with van der Waals surface area (Å²) in [5.41, 5.74) is 3.11. The molecule has 0 aliphatic carbocycles. The fraction of sp³-hybridized carbons (Fsp3) is 0.310. The van der Waals surface area contributed by atoms with Crippen LogP contribution < -0.4 is 9.62 Å². The minimum absolute atomic E-state index is 0.0200. The quantitative estimate of drug-likeness (QED) is 0.313. The zero-order chi connectivity index (χ0) is 28.6. The Balaban J connectivity index is 1.87. The molecule has 208 valence electrons. The number of likely N-dealkylation sites (N-methyl/N-ethyl adjacent to an activating group) is 1. The van der Waals surface area contributed by atoms with Crippen molar-refractivity contribution >= 4 is 50.7 Å². The molecule has 2 amide bonds. The third-order valence-corrected chi connectivity index (χ3v) is 8.18. The van der Waals surface area contributed by atoms with Gasteiger partial charge in [0.15, 0.2) is 0 Å². The lowest BCUT2D eigenvalue weighted by atomic mass is 10.0. The van der Waals surface area contributed by atoms with Crippen LogP contribution in [0.3, 0.4) is 0 Å². The van der Waals surface area contributed by atoms with Gasteiger partial charge in [0, 0.05) is 38.0 Å². The van der Waals surface area contributed by atoms with Gasteiger partial charge in [0.2, 0.25) is 21.8 Å². The second kappa shape index (κ2) is 13.8. The molecule has 0 fully saturated rings. The Morgan fingerprint density at radius 3 is 2.28 bits per heavy atom. The maximum Gasteiger partial charge on any atom is 0.242 e. The van der Waals surface area contributed by atoms with Gasteiger partial charge in [0.1, 0.15) is 6.04 Å². The molecule has 3 rings (SSSR count). The first kappa shape index (κ1) is 30.5. The van der Waals surface area contributed by atoms with Crippen LogP contribution in [0.25, 0.3) is 0 Å². The second-order valence-electron chi connectivity index (χ2n) is 9.30. The van der Waals surface area contributed by atoms with Gasteiger partial charge >= 0.3 is 0 Å². The van der Waals surface area contributed by atoms with Crippen LogP contribution in [0.5, 0.6) is 0 Å². The molecule has 0 aliphatic rings. The molecule has 0 heterocycles. The lowest BCUT2D eigenvalue weighted by molar-refractivity contribution is -0.141. The number of amides is 2. The van der Waals surface area contributed by atoms with E-state index < -0.39 is 16.1 Å². The third kappa shape index (κ3) is 8.46. The molecule has 1 N–H and O–H groups in total. The van der Waals surface area contributed by atoms with E-state index in [0.29, 0.717) is 11.4 Å². The lowest BCUT2D eigenvalue weighted by Crippen LogP contribution is -2.50. The van der Waals surface area contributed by atoms with Crippen LogP contribution in [0.2, 0.25) is 10.0 Å². The molecule has 10 heteroatoms. The molecule has 0 radical (unpaired) electrons. The van der Waals surface area contributed by atoms with Crippen molar-refractivity contribution in [1.82, 2.24) is 10.2 Å². The smallest absolute Gasteiger partial charge is 0.242 e. The molecule has 1 atom stereocenters. The van der Waals surface area contributed by atoms with Crippen LogP contribution in [0, 0.1) is 6.92 Å². The van der Waals surface area contributed by atoms with Gasteiger partial charge in [0.25, 0.3) is 0 Å². The highest BCUT2D eigenvalue weighted by atomic mass is 35.5. The number of rotatable bonds is 12. The topological polar surface area (TPSA) is 86.8 Å². The Hall–Kier alpha value is -3.07. The van der Waals surface area contributed by atoms with Crippen molar-refractivity contribution in [2.45, 2.75) is 38.8 Å². The summed E-state index contributed by atoms with van der Waals surface area (Å²) in [7, 11) is -2.15. The minimum Gasteiger partial charge on any atom is -0.357 e. The van der Waals surface area contributed by atoms with Crippen LogP contribution in [-0.4, -0.2) is 51.0 Å². The van der Waals surface area contributed by atoms with Crippen LogP contribution in [0.15, 0.2) is 72.8 Å². The van der Waals surface area contributed by atoms with Crippen LogP contribution in [0.4, 0.5) is 5.69 Å². The van der Waals surface area contributed by atoms with Gasteiger partial charge < -0.3 is 10.2 Å². The van der Waals surface area contributed by atoms with E-state index in [1.165, 1.54) is 12.1 Å². The summed E-state index contributed by atoms with van der Waals surface area (Å²) in [5, 5.41) is 3.28. The summed E-state index contributed by atoms with van der Waals surface area (Å²) in [4.78, 5) is 28.4. The molecule has 0 spiro atoms. The number of nitrogens with one attached hydrogen (secondary N) is 1. The number of nitrogens with zero attached hydrogens (tertiary/aromatic N) is 2. The summed E-state index contributed by atoms with van der Waals surface area (Å²) >= 11 is 12.4. The molecule has 0 saturated heterocycles. The highest BCUT2D eigenvalue weighted by molar-refractivity contribution is 7.92. The van der Waals surface area contributed by atoms with Crippen molar-refractivity contribution < 1.29 is 18.0 Å². The Labute approximate surface area is 240 Å². The molecular formula is C29H33Cl2N3O4S. The summed E-state index contributed by atoms with van der Waals surface area (Å²) in [6.45, 7) is 2.22. The van der Waals surface area contributed by atoms with Gasteiger partial charge in [-0.1, -0.05) is 77.8 Å². The van der Waals surface area contributed by atoms with E-state index in [1.807, 2.05) is 61.5 Å². The Bertz CT molecular complexity index is 1400. The molecule has 3 aromatic carbocycles. The number of anilines is 1. The van der Waals surface area contributed by atoms with Crippen LogP contribution in [0.1, 0.15) is 29.5 Å². The first-order valence-electron chi connectivity index (χ1n) is 12.5. The van der Waals surface area contributed by atoms with Crippen molar-refractivity contribution in [3.05, 3.63) is 99.5 Å². The van der Waals surface area contributed by atoms with Crippen molar-refractivity contribution in [2.24, 2.45) is 0 Å². The number of benzene rings is 3. The molecule has 7 nitrogen and oxygen atoms in total. The lowest BCUT2D eigenvalue weighted by Gasteiger charge is -2.32. The van der Waals surface area contributed by atoms with E-state index in [9.17, 15) is 18.0 Å². The predicted octanol–water partition coefficient (Wildman–Crippen LogP) is 5.23. The van der Waals surface area contributed by atoms with Crippen molar-refractivity contribution in [3.8, 4) is 0 Å². The molecule has 0 saturated carbocycles. The molecule has 0 aromatic heterocycles. The van der Waals surface area contributed by atoms with E-state index in [0.717, 1.165) is 27.3 Å². The highest BCUT2D eigenvalue weighted by Gasteiger charge is 2.30. The fourth-order valence-electron chi connectivity index (χ4n) is 4.35. The highest BCUT2D eigenvalue weighted by Crippen LogP contribution is 2.31.